The van der Waals surface area contributed by atoms with E-state index in [1.165, 1.54) is 0 Å². The number of amides is 1. The van der Waals surface area contributed by atoms with Crippen LogP contribution in [0.5, 0.6) is 0 Å². The van der Waals surface area contributed by atoms with E-state index in [0.29, 0.717) is 13.1 Å². The Labute approximate surface area is 97.4 Å². The summed E-state index contributed by atoms with van der Waals surface area (Å²) in [5.74, 6) is 0. The monoisotopic (exact) mass is 227 g/mol. The molecule has 0 aliphatic rings. The zero-order valence-corrected chi connectivity index (χ0v) is 10.5. The standard InChI is InChI=1S/C11H21N3O2/c1-11(2,3)16-10(15)14(4)9-5-7-13-8-6-12/h13H,5,7-9H2,1-4H3. The van der Waals surface area contributed by atoms with Crippen LogP contribution in [-0.2, 0) is 4.74 Å². The van der Waals surface area contributed by atoms with Gasteiger partial charge in [0.15, 0.2) is 0 Å². The zero-order chi connectivity index (χ0) is 12.6. The molecule has 0 aliphatic carbocycles. The van der Waals surface area contributed by atoms with Gasteiger partial charge in [-0.3, -0.25) is 0 Å². The van der Waals surface area contributed by atoms with Crippen molar-refractivity contribution in [3.63, 3.8) is 0 Å². The molecule has 92 valence electrons. The van der Waals surface area contributed by atoms with Crippen LogP contribution in [0, 0.1) is 11.3 Å². The second-order valence-electron chi connectivity index (χ2n) is 4.59. The van der Waals surface area contributed by atoms with Crippen LogP contribution >= 0.6 is 0 Å². The first-order valence-corrected chi connectivity index (χ1v) is 5.38. The van der Waals surface area contributed by atoms with Crippen LogP contribution in [0.15, 0.2) is 0 Å². The molecule has 5 heteroatoms. The number of hydrogen-bond acceptors (Lipinski definition) is 4. The zero-order valence-electron chi connectivity index (χ0n) is 10.5. The van der Waals surface area contributed by atoms with Gasteiger partial charge in [0, 0.05) is 13.6 Å². The van der Waals surface area contributed by atoms with Crippen LogP contribution in [0.2, 0.25) is 0 Å². The number of nitrogens with one attached hydrogen (secondary N) is 1. The highest BCUT2D eigenvalue weighted by Crippen LogP contribution is 2.08. The maximum atomic E-state index is 11.5. The summed E-state index contributed by atoms with van der Waals surface area (Å²) in [4.78, 5) is 13.1. The summed E-state index contributed by atoms with van der Waals surface area (Å²) in [5.41, 5.74) is -0.454. The van der Waals surface area contributed by atoms with E-state index in [2.05, 4.69) is 5.32 Å². The van der Waals surface area contributed by atoms with E-state index in [4.69, 9.17) is 10.00 Å². The van der Waals surface area contributed by atoms with E-state index in [1.807, 2.05) is 26.8 Å². The Hall–Kier alpha value is -1.28. The largest absolute Gasteiger partial charge is 0.444 e. The van der Waals surface area contributed by atoms with Crippen LogP contribution in [0.1, 0.15) is 27.2 Å². The lowest BCUT2D eigenvalue weighted by Crippen LogP contribution is -2.35. The Bertz CT molecular complexity index is 253. The van der Waals surface area contributed by atoms with Crippen molar-refractivity contribution in [3.8, 4) is 6.07 Å². The predicted octanol–water partition coefficient (Wildman–Crippen LogP) is 1.36. The van der Waals surface area contributed by atoms with Gasteiger partial charge in [-0.05, 0) is 33.7 Å². The number of hydrogen-bond donors (Lipinski definition) is 1. The van der Waals surface area contributed by atoms with Gasteiger partial charge >= 0.3 is 6.09 Å². The SMILES string of the molecule is CN(CCCNCC#N)C(=O)OC(C)(C)C. The van der Waals surface area contributed by atoms with Gasteiger partial charge in [0.25, 0.3) is 0 Å². The van der Waals surface area contributed by atoms with Gasteiger partial charge in [0.2, 0.25) is 0 Å². The minimum Gasteiger partial charge on any atom is -0.444 e. The van der Waals surface area contributed by atoms with Crippen molar-refractivity contribution in [2.45, 2.75) is 32.8 Å². The maximum Gasteiger partial charge on any atom is 0.410 e. The van der Waals surface area contributed by atoms with Crippen LogP contribution in [0.3, 0.4) is 0 Å². The Morgan fingerprint density at radius 1 is 1.50 bits per heavy atom. The van der Waals surface area contributed by atoms with Gasteiger partial charge in [-0.2, -0.15) is 5.26 Å². The molecular formula is C11H21N3O2. The first kappa shape index (κ1) is 14.7. The van der Waals surface area contributed by atoms with Crippen molar-refractivity contribution < 1.29 is 9.53 Å². The number of ether oxygens (including phenoxy) is 1. The Balaban J connectivity index is 3.68. The first-order valence-electron chi connectivity index (χ1n) is 5.38. The molecule has 0 atom stereocenters. The van der Waals surface area contributed by atoms with E-state index in [1.54, 1.807) is 11.9 Å². The Kier molecular flexibility index (Phi) is 6.50. The van der Waals surface area contributed by atoms with E-state index < -0.39 is 5.60 Å². The van der Waals surface area contributed by atoms with Gasteiger partial charge in [-0.15, -0.1) is 0 Å². The smallest absolute Gasteiger partial charge is 0.410 e. The van der Waals surface area contributed by atoms with Crippen LogP contribution in [-0.4, -0.2) is 43.3 Å². The molecule has 0 radical (unpaired) electrons. The normalized spacial score (nSPS) is 10.7. The summed E-state index contributed by atoms with van der Waals surface area (Å²) < 4.78 is 5.19. The summed E-state index contributed by atoms with van der Waals surface area (Å²) in [7, 11) is 1.71. The van der Waals surface area contributed by atoms with Crippen LogP contribution < -0.4 is 5.32 Å². The van der Waals surface area contributed by atoms with Crippen molar-refractivity contribution in [2.75, 3.05) is 26.7 Å². The predicted molar refractivity (Wildman–Crippen MR) is 62.0 cm³/mol. The average Bonchev–Trinajstić information content (AvgIpc) is 2.14. The minimum absolute atomic E-state index is 0.312. The molecule has 1 N–H and O–H groups in total. The third-order valence-corrected chi connectivity index (χ3v) is 1.76. The number of rotatable bonds is 5. The molecule has 0 heterocycles. The molecule has 0 unspecified atom stereocenters. The molecule has 0 aromatic heterocycles. The minimum atomic E-state index is -0.454. The lowest BCUT2D eigenvalue weighted by atomic mass is 10.2. The fourth-order valence-corrected chi connectivity index (χ4v) is 1.02. The molecule has 0 spiro atoms. The fraction of sp³-hybridized carbons (Fsp3) is 0.818. The quantitative estimate of drug-likeness (QED) is 0.569. The molecule has 0 aliphatic heterocycles. The lowest BCUT2D eigenvalue weighted by molar-refractivity contribution is 0.0297. The van der Waals surface area contributed by atoms with Gasteiger partial charge in [0.05, 0.1) is 12.6 Å². The molecule has 0 rings (SSSR count). The number of nitrogens with zero attached hydrogens (tertiary/aromatic N) is 2. The number of carbonyl (C=O) groups is 1. The maximum absolute atomic E-state index is 11.5. The molecule has 0 aromatic rings. The Morgan fingerprint density at radius 2 is 2.12 bits per heavy atom. The number of nitriles is 1. The molecule has 1 amide bonds. The fourth-order valence-electron chi connectivity index (χ4n) is 1.02. The summed E-state index contributed by atoms with van der Waals surface area (Å²) in [6.07, 6.45) is 0.491. The van der Waals surface area contributed by atoms with Gasteiger partial charge < -0.3 is 15.0 Å². The summed E-state index contributed by atoms with van der Waals surface area (Å²) in [6.45, 7) is 7.21. The van der Waals surface area contributed by atoms with E-state index >= 15 is 0 Å². The Morgan fingerprint density at radius 3 is 2.62 bits per heavy atom. The second-order valence-corrected chi connectivity index (χ2v) is 4.59. The van der Waals surface area contributed by atoms with Gasteiger partial charge in [0.1, 0.15) is 5.60 Å². The van der Waals surface area contributed by atoms with E-state index in [9.17, 15) is 4.79 Å². The summed E-state index contributed by atoms with van der Waals surface area (Å²) in [6, 6.07) is 1.99. The van der Waals surface area contributed by atoms with Crippen molar-refractivity contribution in [1.29, 1.82) is 5.26 Å². The molecule has 5 nitrogen and oxygen atoms in total. The number of carbonyl (C=O) groups excluding carboxylic acids is 1. The van der Waals surface area contributed by atoms with Crippen molar-refractivity contribution in [1.82, 2.24) is 10.2 Å². The molecule has 0 fully saturated rings. The summed E-state index contributed by atoms with van der Waals surface area (Å²) in [5, 5.41) is 11.2. The van der Waals surface area contributed by atoms with Gasteiger partial charge in [-0.1, -0.05) is 0 Å². The molecule has 16 heavy (non-hydrogen) atoms. The highest BCUT2D eigenvalue weighted by atomic mass is 16.6. The summed E-state index contributed by atoms with van der Waals surface area (Å²) >= 11 is 0. The van der Waals surface area contributed by atoms with Crippen molar-refractivity contribution in [2.24, 2.45) is 0 Å². The van der Waals surface area contributed by atoms with Gasteiger partial charge in [-0.25, -0.2) is 4.79 Å². The second kappa shape index (κ2) is 7.07. The van der Waals surface area contributed by atoms with Crippen LogP contribution in [0.25, 0.3) is 0 Å². The van der Waals surface area contributed by atoms with E-state index in [0.717, 1.165) is 13.0 Å². The molecule has 0 saturated carbocycles. The van der Waals surface area contributed by atoms with Crippen LogP contribution in [0.4, 0.5) is 4.79 Å². The average molecular weight is 227 g/mol. The topological polar surface area (TPSA) is 65.4 Å². The first-order chi connectivity index (χ1) is 7.37. The third-order valence-electron chi connectivity index (χ3n) is 1.76. The van der Waals surface area contributed by atoms with Crippen molar-refractivity contribution >= 4 is 6.09 Å². The molecule has 0 saturated heterocycles. The molecular weight excluding hydrogens is 206 g/mol. The van der Waals surface area contributed by atoms with Crippen molar-refractivity contribution in [3.05, 3.63) is 0 Å². The molecule has 0 aromatic carbocycles. The molecule has 0 bridgehead atoms. The van der Waals surface area contributed by atoms with E-state index in [-0.39, 0.29) is 6.09 Å². The third kappa shape index (κ3) is 8.06. The highest BCUT2D eigenvalue weighted by molar-refractivity contribution is 5.67. The highest BCUT2D eigenvalue weighted by Gasteiger charge is 2.18. The lowest BCUT2D eigenvalue weighted by Gasteiger charge is -2.24.